The van der Waals surface area contributed by atoms with Crippen molar-refractivity contribution in [2.24, 2.45) is 0 Å². The molecule has 192 valence electrons. The van der Waals surface area contributed by atoms with Gasteiger partial charge in [0.15, 0.2) is 0 Å². The highest BCUT2D eigenvalue weighted by Crippen LogP contribution is 2.40. The van der Waals surface area contributed by atoms with Crippen molar-refractivity contribution >= 4 is 29.1 Å². The molecule has 2 aromatic carbocycles. The fourth-order valence-corrected chi connectivity index (χ4v) is 4.84. The van der Waals surface area contributed by atoms with Gasteiger partial charge in [0.25, 0.3) is 11.7 Å². The molecule has 0 saturated carbocycles. The number of hydrogen-bond donors (Lipinski definition) is 1. The van der Waals surface area contributed by atoms with Crippen LogP contribution in [0.25, 0.3) is 5.76 Å². The van der Waals surface area contributed by atoms with Crippen LogP contribution in [0.2, 0.25) is 5.02 Å². The number of hydrogen-bond acceptors (Lipinski definition) is 6. The lowest BCUT2D eigenvalue weighted by molar-refractivity contribution is -0.140. The molecule has 2 aliphatic heterocycles. The van der Waals surface area contributed by atoms with Gasteiger partial charge in [-0.05, 0) is 61.2 Å². The molecular formula is C28H33ClN2O5. The van der Waals surface area contributed by atoms with Crippen molar-refractivity contribution < 1.29 is 24.2 Å². The van der Waals surface area contributed by atoms with Gasteiger partial charge in [-0.25, -0.2) is 0 Å². The summed E-state index contributed by atoms with van der Waals surface area (Å²) in [5.74, 6) is -0.735. The maximum atomic E-state index is 13.3. The lowest BCUT2D eigenvalue weighted by Gasteiger charge is -2.29. The minimum Gasteiger partial charge on any atom is -0.507 e. The summed E-state index contributed by atoms with van der Waals surface area (Å²) in [6.45, 7) is 8.85. The molecule has 2 aromatic rings. The van der Waals surface area contributed by atoms with Crippen LogP contribution >= 0.6 is 11.6 Å². The maximum Gasteiger partial charge on any atom is 0.295 e. The molecule has 4 rings (SSSR count). The number of aliphatic hydroxyl groups is 1. The smallest absolute Gasteiger partial charge is 0.295 e. The SMILES string of the molecule is CCCOc1ccc(C(O)=C2C(=O)C(=O)N(CCCN3CCOCC3)[C@@H]2c2ccc(Cl)cc2)cc1C. The fraction of sp³-hybridized carbons (Fsp3) is 0.429. The number of rotatable bonds is 9. The number of morpholine rings is 1. The number of carbonyl (C=O) groups excluding carboxylic acids is 2. The van der Waals surface area contributed by atoms with Gasteiger partial charge >= 0.3 is 0 Å². The van der Waals surface area contributed by atoms with E-state index < -0.39 is 17.7 Å². The van der Waals surface area contributed by atoms with E-state index >= 15 is 0 Å². The van der Waals surface area contributed by atoms with Gasteiger partial charge in [-0.15, -0.1) is 0 Å². The van der Waals surface area contributed by atoms with Gasteiger partial charge < -0.3 is 19.5 Å². The molecule has 0 radical (unpaired) electrons. The number of nitrogens with zero attached hydrogens (tertiary/aromatic N) is 2. The molecule has 2 heterocycles. The summed E-state index contributed by atoms with van der Waals surface area (Å²) < 4.78 is 11.2. The Kier molecular flexibility index (Phi) is 8.67. The Morgan fingerprint density at radius 2 is 1.83 bits per heavy atom. The Morgan fingerprint density at radius 3 is 2.50 bits per heavy atom. The third-order valence-electron chi connectivity index (χ3n) is 6.61. The zero-order chi connectivity index (χ0) is 25.7. The monoisotopic (exact) mass is 512 g/mol. The summed E-state index contributed by atoms with van der Waals surface area (Å²) >= 11 is 6.11. The Morgan fingerprint density at radius 1 is 1.11 bits per heavy atom. The first-order valence-electron chi connectivity index (χ1n) is 12.5. The standard InChI is InChI=1S/C28H33ClN2O5/c1-3-15-36-23-10-7-21(18-19(23)2)26(32)24-25(20-5-8-22(29)9-6-20)31(28(34)27(24)33)12-4-11-30-13-16-35-17-14-30/h5-10,18,25,32H,3-4,11-17H2,1-2H3/t25-/m1/s1. The lowest BCUT2D eigenvalue weighted by Crippen LogP contribution is -2.38. The number of ketones is 1. The van der Waals surface area contributed by atoms with Crippen molar-refractivity contribution in [1.82, 2.24) is 9.80 Å². The number of amides is 1. The van der Waals surface area contributed by atoms with Gasteiger partial charge in [-0.2, -0.15) is 0 Å². The van der Waals surface area contributed by atoms with Crippen LogP contribution < -0.4 is 4.74 Å². The van der Waals surface area contributed by atoms with Crippen LogP contribution in [-0.4, -0.2) is 72.6 Å². The van der Waals surface area contributed by atoms with E-state index in [0.717, 1.165) is 42.9 Å². The van der Waals surface area contributed by atoms with Gasteiger partial charge in [-0.3, -0.25) is 14.5 Å². The van der Waals surface area contributed by atoms with Gasteiger partial charge in [0, 0.05) is 36.8 Å². The third kappa shape index (κ3) is 5.75. The van der Waals surface area contributed by atoms with Crippen LogP contribution in [0.4, 0.5) is 0 Å². The molecule has 1 atom stereocenters. The molecule has 8 heteroatoms. The van der Waals surface area contributed by atoms with Crippen molar-refractivity contribution in [3.8, 4) is 5.75 Å². The number of aryl methyl sites for hydroxylation is 1. The first-order valence-corrected chi connectivity index (χ1v) is 12.9. The van der Waals surface area contributed by atoms with Crippen molar-refractivity contribution in [1.29, 1.82) is 0 Å². The molecule has 0 aliphatic carbocycles. The van der Waals surface area contributed by atoms with E-state index in [1.54, 1.807) is 47.4 Å². The van der Waals surface area contributed by atoms with Crippen molar-refractivity contribution in [2.45, 2.75) is 32.7 Å². The number of ether oxygens (including phenoxy) is 2. The van der Waals surface area contributed by atoms with Gasteiger partial charge in [0.1, 0.15) is 11.5 Å². The number of halogens is 1. The quantitative estimate of drug-likeness (QED) is 0.301. The highest BCUT2D eigenvalue weighted by molar-refractivity contribution is 6.46. The van der Waals surface area contributed by atoms with Gasteiger partial charge in [0.05, 0.1) is 31.4 Å². The predicted octanol–water partition coefficient (Wildman–Crippen LogP) is 4.58. The molecule has 1 amide bonds. The second kappa shape index (κ2) is 11.9. The fourth-order valence-electron chi connectivity index (χ4n) is 4.72. The first kappa shape index (κ1) is 26.2. The Bertz CT molecular complexity index is 1130. The predicted molar refractivity (Wildman–Crippen MR) is 139 cm³/mol. The van der Waals surface area contributed by atoms with Gasteiger partial charge in [-0.1, -0.05) is 30.7 Å². The number of carbonyl (C=O) groups is 2. The van der Waals surface area contributed by atoms with E-state index in [-0.39, 0.29) is 11.3 Å². The number of likely N-dealkylation sites (tertiary alicyclic amines) is 1. The van der Waals surface area contributed by atoms with Crippen LogP contribution in [0.5, 0.6) is 5.75 Å². The van der Waals surface area contributed by atoms with E-state index in [1.165, 1.54) is 0 Å². The Balaban J connectivity index is 1.66. The van der Waals surface area contributed by atoms with Crippen LogP contribution in [0.15, 0.2) is 48.0 Å². The lowest BCUT2D eigenvalue weighted by atomic mass is 9.94. The van der Waals surface area contributed by atoms with Crippen LogP contribution in [0.3, 0.4) is 0 Å². The summed E-state index contributed by atoms with van der Waals surface area (Å²) in [7, 11) is 0. The molecule has 2 fully saturated rings. The van der Waals surface area contributed by atoms with E-state index in [1.807, 2.05) is 13.8 Å². The molecule has 0 bridgehead atoms. The number of aliphatic hydroxyl groups excluding tert-OH is 1. The highest BCUT2D eigenvalue weighted by atomic mass is 35.5. The molecule has 0 aromatic heterocycles. The molecule has 2 aliphatic rings. The average molecular weight is 513 g/mol. The summed E-state index contributed by atoms with van der Waals surface area (Å²) in [5.41, 5.74) is 2.14. The van der Waals surface area contributed by atoms with Crippen molar-refractivity contribution in [3.05, 3.63) is 69.8 Å². The minimum absolute atomic E-state index is 0.0929. The van der Waals surface area contributed by atoms with E-state index in [4.69, 9.17) is 21.1 Å². The molecule has 0 spiro atoms. The molecule has 2 saturated heterocycles. The summed E-state index contributed by atoms with van der Waals surface area (Å²) in [5, 5.41) is 11.9. The molecular weight excluding hydrogens is 480 g/mol. The Labute approximate surface area is 217 Å². The highest BCUT2D eigenvalue weighted by Gasteiger charge is 2.45. The zero-order valence-electron chi connectivity index (χ0n) is 20.8. The topological polar surface area (TPSA) is 79.3 Å². The third-order valence-corrected chi connectivity index (χ3v) is 6.86. The zero-order valence-corrected chi connectivity index (χ0v) is 21.6. The number of Topliss-reactive ketones (excluding diaryl/α,β-unsaturated/α-hetero) is 1. The van der Waals surface area contributed by atoms with E-state index in [2.05, 4.69) is 4.90 Å². The normalized spacial score (nSPS) is 20.2. The van der Waals surface area contributed by atoms with E-state index in [0.29, 0.717) is 43.4 Å². The van der Waals surface area contributed by atoms with Crippen molar-refractivity contribution in [3.63, 3.8) is 0 Å². The second-order valence-corrected chi connectivity index (χ2v) is 9.62. The van der Waals surface area contributed by atoms with Crippen molar-refractivity contribution in [2.75, 3.05) is 46.0 Å². The minimum atomic E-state index is -0.691. The van der Waals surface area contributed by atoms with E-state index in [9.17, 15) is 14.7 Å². The molecule has 7 nitrogen and oxygen atoms in total. The second-order valence-electron chi connectivity index (χ2n) is 9.18. The summed E-state index contributed by atoms with van der Waals surface area (Å²) in [4.78, 5) is 30.3. The maximum absolute atomic E-state index is 13.3. The van der Waals surface area contributed by atoms with Crippen LogP contribution in [0, 0.1) is 6.92 Å². The average Bonchev–Trinajstić information content (AvgIpc) is 3.13. The number of benzene rings is 2. The Hall–Kier alpha value is -2.87. The summed E-state index contributed by atoms with van der Waals surface area (Å²) in [6.07, 6.45) is 1.59. The largest absolute Gasteiger partial charge is 0.507 e. The first-order chi connectivity index (χ1) is 17.4. The van der Waals surface area contributed by atoms with Crippen LogP contribution in [0.1, 0.15) is 42.5 Å². The molecule has 1 N–H and O–H groups in total. The van der Waals surface area contributed by atoms with Crippen LogP contribution in [-0.2, 0) is 14.3 Å². The molecule has 0 unspecified atom stereocenters. The summed E-state index contributed by atoms with van der Waals surface area (Å²) in [6, 6.07) is 11.7. The van der Waals surface area contributed by atoms with Gasteiger partial charge in [0.2, 0.25) is 0 Å². The molecule has 36 heavy (non-hydrogen) atoms.